The first kappa shape index (κ1) is 19.7. The number of carboxylic acid groups (broad SMARTS) is 1. The molecule has 0 saturated heterocycles. The molecule has 0 spiro atoms. The molecule has 0 unspecified atom stereocenters. The summed E-state index contributed by atoms with van der Waals surface area (Å²) in [5.74, 6) is -0.729. The van der Waals surface area contributed by atoms with Gasteiger partial charge in [-0.2, -0.15) is 0 Å². The second-order valence-electron chi connectivity index (χ2n) is 7.00. The Bertz CT molecular complexity index is 1150. The molecule has 7 heteroatoms. The third-order valence-corrected chi connectivity index (χ3v) is 5.20. The molecule has 1 amide bonds. The molecule has 2 aromatic heterocycles. The molecule has 3 aromatic rings. The average molecular weight is 384 g/mol. The minimum atomic E-state index is -1.22. The van der Waals surface area contributed by atoms with Gasteiger partial charge in [0.2, 0.25) is 5.91 Å². The Hall–Kier alpha value is -3.09. The third-order valence-electron chi connectivity index (χ3n) is 5.20. The van der Waals surface area contributed by atoms with Crippen LogP contribution < -0.4 is 16.0 Å². The van der Waals surface area contributed by atoms with E-state index in [1.165, 1.54) is 0 Å². The summed E-state index contributed by atoms with van der Waals surface area (Å²) >= 11 is 0. The number of fused-ring (bicyclic) bond motifs is 2. The second kappa shape index (κ2) is 7.50. The molecule has 7 nitrogen and oxygen atoms in total. The fourth-order valence-corrected chi connectivity index (χ4v) is 3.41. The smallest absolute Gasteiger partial charge is 0.339 e. The monoisotopic (exact) mass is 384 g/mol. The number of amides is 1. The first-order chi connectivity index (χ1) is 13.2. The third kappa shape index (κ3) is 3.52. The van der Waals surface area contributed by atoms with E-state index in [0.717, 1.165) is 33.2 Å². The van der Waals surface area contributed by atoms with E-state index in [0.29, 0.717) is 16.7 Å². The minimum absolute atomic E-state index is 0.00275. The van der Waals surface area contributed by atoms with E-state index in [9.17, 15) is 19.5 Å². The van der Waals surface area contributed by atoms with Crippen molar-refractivity contribution in [2.24, 2.45) is 0 Å². The molecular formula is C21H22NO6-. The van der Waals surface area contributed by atoms with Crippen molar-refractivity contribution in [1.29, 1.82) is 0 Å². The highest BCUT2D eigenvalue weighted by atomic mass is 16.4. The predicted octanol–water partition coefficient (Wildman–Crippen LogP) is 1.96. The maximum atomic E-state index is 12.5. The number of furan rings is 1. The zero-order valence-corrected chi connectivity index (χ0v) is 16.4. The van der Waals surface area contributed by atoms with Gasteiger partial charge in [0.15, 0.2) is 0 Å². The lowest BCUT2D eigenvalue weighted by molar-refractivity contribution is -0.305. The van der Waals surface area contributed by atoms with Crippen LogP contribution in [0.3, 0.4) is 0 Å². The van der Waals surface area contributed by atoms with Crippen molar-refractivity contribution in [2.75, 3.05) is 6.54 Å². The van der Waals surface area contributed by atoms with E-state index in [1.54, 1.807) is 0 Å². The summed E-state index contributed by atoms with van der Waals surface area (Å²) < 4.78 is 11.4. The van der Waals surface area contributed by atoms with Crippen molar-refractivity contribution >= 4 is 33.8 Å². The summed E-state index contributed by atoms with van der Waals surface area (Å²) in [5.41, 5.74) is 3.76. The molecule has 0 aliphatic heterocycles. The maximum absolute atomic E-state index is 12.5. The Morgan fingerprint density at radius 3 is 2.29 bits per heavy atom. The number of hydrogen-bond acceptors (Lipinski definition) is 6. The van der Waals surface area contributed by atoms with Crippen LogP contribution in [-0.2, 0) is 16.0 Å². The number of rotatable bonds is 6. The van der Waals surface area contributed by atoms with Gasteiger partial charge < -0.3 is 24.1 Å². The molecule has 148 valence electrons. The van der Waals surface area contributed by atoms with Crippen LogP contribution in [0.5, 0.6) is 0 Å². The molecule has 0 fully saturated rings. The Kier molecular flexibility index (Phi) is 5.27. The Morgan fingerprint density at radius 1 is 0.964 bits per heavy atom. The number of nitrogens with one attached hydrogen (secondary N) is 1. The van der Waals surface area contributed by atoms with Crippen molar-refractivity contribution in [2.45, 2.75) is 47.0 Å². The van der Waals surface area contributed by atoms with Gasteiger partial charge in [0.25, 0.3) is 0 Å². The van der Waals surface area contributed by atoms with Gasteiger partial charge in [-0.25, -0.2) is 4.79 Å². The molecule has 0 atom stereocenters. The molecule has 2 heterocycles. The van der Waals surface area contributed by atoms with E-state index in [4.69, 9.17) is 8.83 Å². The van der Waals surface area contributed by atoms with Gasteiger partial charge in [-0.15, -0.1) is 0 Å². The zero-order chi connectivity index (χ0) is 20.6. The highest BCUT2D eigenvalue weighted by Gasteiger charge is 2.19. The number of carboxylic acids is 1. The Morgan fingerprint density at radius 2 is 1.61 bits per heavy atom. The number of benzene rings is 1. The molecule has 0 saturated carbocycles. The van der Waals surface area contributed by atoms with Crippen molar-refractivity contribution < 1.29 is 23.5 Å². The van der Waals surface area contributed by atoms with Crippen LogP contribution in [-0.4, -0.2) is 18.4 Å². The van der Waals surface area contributed by atoms with Crippen molar-refractivity contribution in [3.63, 3.8) is 0 Å². The molecule has 0 aliphatic carbocycles. The van der Waals surface area contributed by atoms with E-state index < -0.39 is 11.6 Å². The Labute approximate surface area is 161 Å². The van der Waals surface area contributed by atoms with Gasteiger partial charge in [0.1, 0.15) is 16.9 Å². The molecular weight excluding hydrogens is 362 g/mol. The Balaban J connectivity index is 1.95. The average Bonchev–Trinajstić information content (AvgIpc) is 2.91. The minimum Gasteiger partial charge on any atom is -0.550 e. The number of carbonyl (C=O) groups is 2. The topological polar surface area (TPSA) is 113 Å². The highest BCUT2D eigenvalue weighted by Crippen LogP contribution is 2.34. The number of aryl methyl sites for hydroxylation is 4. The lowest BCUT2D eigenvalue weighted by Gasteiger charge is -2.10. The van der Waals surface area contributed by atoms with Gasteiger partial charge in [0.05, 0.1) is 0 Å². The van der Waals surface area contributed by atoms with Gasteiger partial charge in [-0.1, -0.05) is 0 Å². The second-order valence-corrected chi connectivity index (χ2v) is 7.00. The quantitative estimate of drug-likeness (QED) is 0.650. The fourth-order valence-electron chi connectivity index (χ4n) is 3.41. The molecule has 3 rings (SSSR count). The normalized spacial score (nSPS) is 11.3. The summed E-state index contributed by atoms with van der Waals surface area (Å²) in [4.78, 5) is 34.8. The van der Waals surface area contributed by atoms with E-state index in [-0.39, 0.29) is 31.7 Å². The molecule has 0 bridgehead atoms. The van der Waals surface area contributed by atoms with Crippen LogP contribution in [0.4, 0.5) is 0 Å². The summed E-state index contributed by atoms with van der Waals surface area (Å²) in [6.45, 7) is 7.59. The van der Waals surface area contributed by atoms with Crippen molar-refractivity contribution in [1.82, 2.24) is 5.32 Å². The highest BCUT2D eigenvalue weighted by molar-refractivity contribution is 6.00. The summed E-state index contributed by atoms with van der Waals surface area (Å²) in [6.07, 6.45) is 0.0264. The summed E-state index contributed by atoms with van der Waals surface area (Å²) in [7, 11) is 0. The first-order valence-electron chi connectivity index (χ1n) is 9.12. The lowest BCUT2D eigenvalue weighted by Crippen LogP contribution is -2.31. The van der Waals surface area contributed by atoms with Crippen molar-refractivity contribution in [3.05, 3.63) is 44.5 Å². The van der Waals surface area contributed by atoms with Gasteiger partial charge in [0, 0.05) is 47.3 Å². The van der Waals surface area contributed by atoms with Crippen LogP contribution in [0.15, 0.2) is 19.7 Å². The maximum Gasteiger partial charge on any atom is 0.339 e. The van der Waals surface area contributed by atoms with Crippen molar-refractivity contribution in [3.8, 4) is 0 Å². The number of aliphatic carboxylic acids is 1. The zero-order valence-electron chi connectivity index (χ0n) is 16.4. The van der Waals surface area contributed by atoms with E-state index >= 15 is 0 Å². The van der Waals surface area contributed by atoms with Crippen LogP contribution in [0.1, 0.15) is 40.9 Å². The summed E-state index contributed by atoms with van der Waals surface area (Å²) in [5, 5.41) is 14.7. The van der Waals surface area contributed by atoms with Gasteiger partial charge >= 0.3 is 5.63 Å². The van der Waals surface area contributed by atoms with Crippen LogP contribution in [0.2, 0.25) is 0 Å². The largest absolute Gasteiger partial charge is 0.550 e. The van der Waals surface area contributed by atoms with Crippen LogP contribution >= 0.6 is 0 Å². The van der Waals surface area contributed by atoms with Gasteiger partial charge in [-0.3, -0.25) is 4.79 Å². The van der Waals surface area contributed by atoms with E-state index in [1.807, 2.05) is 33.8 Å². The molecule has 1 aromatic carbocycles. The van der Waals surface area contributed by atoms with E-state index in [2.05, 4.69) is 5.32 Å². The molecule has 1 N–H and O–H groups in total. The number of carbonyl (C=O) groups excluding carboxylic acids is 2. The van der Waals surface area contributed by atoms with Gasteiger partial charge in [-0.05, 0) is 51.3 Å². The molecule has 0 radical (unpaired) electrons. The first-order valence-corrected chi connectivity index (χ1v) is 9.12. The van der Waals surface area contributed by atoms with Crippen LogP contribution in [0.25, 0.3) is 21.9 Å². The molecule has 28 heavy (non-hydrogen) atoms. The number of hydrogen-bond donors (Lipinski definition) is 1. The SMILES string of the molecule is Cc1oc2c(C)c3oc(=O)c(CCC(=O)NCCC(=O)[O-])c(C)c3cc2c1C. The summed E-state index contributed by atoms with van der Waals surface area (Å²) in [6, 6.07) is 1.96. The molecule has 0 aliphatic rings. The predicted molar refractivity (Wildman–Crippen MR) is 102 cm³/mol. The lowest BCUT2D eigenvalue weighted by atomic mass is 9.98. The van der Waals surface area contributed by atoms with Crippen LogP contribution in [0, 0.1) is 27.7 Å². The fraction of sp³-hybridized carbons (Fsp3) is 0.381. The standard InChI is InChI=1S/C21H23NO6/c1-10-13(4)27-19-12(3)20-16(9-15(10)19)11(2)14(21(26)28-20)5-6-17(23)22-8-7-18(24)25/h9H,5-8H2,1-4H3,(H,22,23)(H,24,25)/p-1.